The summed E-state index contributed by atoms with van der Waals surface area (Å²) in [5.74, 6) is -0.124. The number of ether oxygens (including phenoxy) is 2. The Morgan fingerprint density at radius 3 is 2.43 bits per heavy atom. The minimum atomic E-state index is -0.337. The topological polar surface area (TPSA) is 104 Å². The zero-order valence-electron chi connectivity index (χ0n) is 22.8. The van der Waals surface area contributed by atoms with Crippen LogP contribution < -0.4 is 15.8 Å². The lowest BCUT2D eigenvalue weighted by molar-refractivity contribution is -0.123. The molecule has 37 heavy (non-hydrogen) atoms. The maximum absolute atomic E-state index is 12.2. The standard InChI is InChI=1S/C29H43N5O3/c1-21(28(35)32-29(30)31)18-23-8-11-26(27(19-23)37-17-5-16-36-4)24-9-6-22(7-10-24)20-34-14-12-25(13-15-34)33(2)3/h6-11,19,21,25H,5,12-18,20H2,1-4H3,(H4,30,31,32,35). The lowest BCUT2D eigenvalue weighted by atomic mass is 9.96. The van der Waals surface area contributed by atoms with Crippen molar-refractivity contribution in [3.05, 3.63) is 53.6 Å². The molecule has 1 unspecified atom stereocenters. The lowest BCUT2D eigenvalue weighted by Gasteiger charge is -2.35. The van der Waals surface area contributed by atoms with Crippen molar-refractivity contribution in [3.63, 3.8) is 0 Å². The van der Waals surface area contributed by atoms with E-state index in [0.717, 1.165) is 48.5 Å². The Morgan fingerprint density at radius 1 is 1.14 bits per heavy atom. The van der Waals surface area contributed by atoms with Gasteiger partial charge in [0.15, 0.2) is 5.96 Å². The number of carbonyl (C=O) groups is 1. The van der Waals surface area contributed by atoms with Crippen molar-refractivity contribution in [2.24, 2.45) is 11.7 Å². The predicted molar refractivity (Wildman–Crippen MR) is 149 cm³/mol. The van der Waals surface area contributed by atoms with Crippen molar-refractivity contribution < 1.29 is 14.3 Å². The summed E-state index contributed by atoms with van der Waals surface area (Å²) >= 11 is 0. The molecule has 0 saturated carbocycles. The van der Waals surface area contributed by atoms with Gasteiger partial charge in [0.05, 0.1) is 6.61 Å². The number of nitrogens with one attached hydrogen (secondary N) is 2. The Morgan fingerprint density at radius 2 is 1.81 bits per heavy atom. The molecule has 2 aromatic rings. The summed E-state index contributed by atoms with van der Waals surface area (Å²) in [6.07, 6.45) is 3.75. The number of likely N-dealkylation sites (tertiary alicyclic amines) is 1. The number of hydrogen-bond acceptors (Lipinski definition) is 6. The van der Waals surface area contributed by atoms with E-state index in [-0.39, 0.29) is 17.8 Å². The van der Waals surface area contributed by atoms with Crippen LogP contribution in [0.1, 0.15) is 37.3 Å². The van der Waals surface area contributed by atoms with Gasteiger partial charge in [-0.15, -0.1) is 0 Å². The molecular weight excluding hydrogens is 466 g/mol. The molecule has 1 atom stereocenters. The lowest BCUT2D eigenvalue weighted by Crippen LogP contribution is -2.41. The molecule has 1 aliphatic rings. The molecule has 8 nitrogen and oxygen atoms in total. The third kappa shape index (κ3) is 8.84. The van der Waals surface area contributed by atoms with Gasteiger partial charge in [-0.1, -0.05) is 43.3 Å². The molecule has 202 valence electrons. The number of methoxy groups -OCH3 is 1. The Labute approximate surface area is 221 Å². The summed E-state index contributed by atoms with van der Waals surface area (Å²) in [5, 5.41) is 9.66. The SMILES string of the molecule is COCCCOc1cc(CC(C)C(=O)NC(=N)N)ccc1-c1ccc(CN2CCC(N(C)C)CC2)cc1. The Bertz CT molecular complexity index is 1020. The first kappa shape index (κ1) is 28.6. The molecule has 0 aromatic heterocycles. The minimum Gasteiger partial charge on any atom is -0.493 e. The van der Waals surface area contributed by atoms with Crippen molar-refractivity contribution in [1.29, 1.82) is 5.41 Å². The summed E-state index contributed by atoms with van der Waals surface area (Å²) in [7, 11) is 6.03. The van der Waals surface area contributed by atoms with Crippen molar-refractivity contribution in [2.75, 3.05) is 47.5 Å². The van der Waals surface area contributed by atoms with Crippen LogP contribution in [0.25, 0.3) is 11.1 Å². The molecule has 0 spiro atoms. The van der Waals surface area contributed by atoms with Crippen molar-refractivity contribution in [2.45, 2.75) is 45.2 Å². The summed E-state index contributed by atoms with van der Waals surface area (Å²) in [4.78, 5) is 17.1. The highest BCUT2D eigenvalue weighted by Gasteiger charge is 2.21. The zero-order chi connectivity index (χ0) is 26.8. The van der Waals surface area contributed by atoms with Crippen molar-refractivity contribution in [3.8, 4) is 16.9 Å². The average Bonchev–Trinajstić information content (AvgIpc) is 2.87. The normalized spacial score (nSPS) is 15.5. The number of guanidine groups is 1. The van der Waals surface area contributed by atoms with Crippen LogP contribution in [0.4, 0.5) is 0 Å². The predicted octanol–water partition coefficient (Wildman–Crippen LogP) is 3.48. The number of nitrogens with two attached hydrogens (primary N) is 1. The fraction of sp³-hybridized carbons (Fsp3) is 0.517. The third-order valence-corrected chi connectivity index (χ3v) is 7.00. The molecule has 8 heteroatoms. The third-order valence-electron chi connectivity index (χ3n) is 7.00. The van der Waals surface area contributed by atoms with E-state index >= 15 is 0 Å². The molecule has 1 saturated heterocycles. The Hall–Kier alpha value is -2.94. The van der Waals surface area contributed by atoms with Gasteiger partial charge in [0.1, 0.15) is 5.75 Å². The number of amides is 1. The molecular formula is C29H43N5O3. The largest absolute Gasteiger partial charge is 0.493 e. The molecule has 1 aliphatic heterocycles. The summed E-state index contributed by atoms with van der Waals surface area (Å²) in [6, 6.07) is 15.6. The van der Waals surface area contributed by atoms with Gasteiger partial charge in [0.2, 0.25) is 5.91 Å². The van der Waals surface area contributed by atoms with Crippen LogP contribution in [-0.2, 0) is 22.5 Å². The first-order valence-corrected chi connectivity index (χ1v) is 13.1. The summed E-state index contributed by atoms with van der Waals surface area (Å²) in [5.41, 5.74) is 9.75. The van der Waals surface area contributed by atoms with Crippen LogP contribution in [0.3, 0.4) is 0 Å². The van der Waals surface area contributed by atoms with Crippen LogP contribution in [0.5, 0.6) is 5.75 Å². The van der Waals surface area contributed by atoms with Gasteiger partial charge in [0.25, 0.3) is 0 Å². The second-order valence-electron chi connectivity index (χ2n) is 10.2. The maximum Gasteiger partial charge on any atom is 0.229 e. The van der Waals surface area contributed by atoms with E-state index in [1.807, 2.05) is 19.1 Å². The molecule has 4 N–H and O–H groups in total. The number of benzene rings is 2. The van der Waals surface area contributed by atoms with Crippen LogP contribution >= 0.6 is 0 Å². The fourth-order valence-corrected chi connectivity index (χ4v) is 4.78. The second-order valence-corrected chi connectivity index (χ2v) is 10.2. The number of piperidine rings is 1. The van der Waals surface area contributed by atoms with Crippen LogP contribution in [0.2, 0.25) is 0 Å². The van der Waals surface area contributed by atoms with Gasteiger partial charge in [-0.3, -0.25) is 20.4 Å². The Kier molecular flexibility index (Phi) is 10.9. The zero-order valence-corrected chi connectivity index (χ0v) is 22.8. The van der Waals surface area contributed by atoms with Gasteiger partial charge in [-0.25, -0.2) is 0 Å². The molecule has 1 fully saturated rings. The average molecular weight is 510 g/mol. The number of rotatable bonds is 12. The second kappa shape index (κ2) is 14.1. The monoisotopic (exact) mass is 509 g/mol. The first-order chi connectivity index (χ1) is 17.8. The highest BCUT2D eigenvalue weighted by molar-refractivity contribution is 5.95. The van der Waals surface area contributed by atoms with Gasteiger partial charge >= 0.3 is 0 Å². The highest BCUT2D eigenvalue weighted by atomic mass is 16.5. The van der Waals surface area contributed by atoms with Gasteiger partial charge < -0.3 is 20.1 Å². The van der Waals surface area contributed by atoms with E-state index in [9.17, 15) is 4.79 Å². The van der Waals surface area contributed by atoms with E-state index < -0.39 is 0 Å². The quantitative estimate of drug-likeness (QED) is 0.230. The molecule has 0 bridgehead atoms. The van der Waals surface area contributed by atoms with Gasteiger partial charge in [-0.2, -0.15) is 0 Å². The molecule has 1 heterocycles. The van der Waals surface area contributed by atoms with Crippen LogP contribution in [0.15, 0.2) is 42.5 Å². The molecule has 2 aromatic carbocycles. The van der Waals surface area contributed by atoms with E-state index in [4.69, 9.17) is 20.6 Å². The van der Waals surface area contributed by atoms with E-state index in [1.54, 1.807) is 7.11 Å². The van der Waals surface area contributed by atoms with E-state index in [2.05, 4.69) is 59.5 Å². The van der Waals surface area contributed by atoms with Crippen molar-refractivity contribution in [1.82, 2.24) is 15.1 Å². The molecule has 0 radical (unpaired) electrons. The van der Waals surface area contributed by atoms with Crippen LogP contribution in [-0.4, -0.2) is 75.2 Å². The van der Waals surface area contributed by atoms with Gasteiger partial charge in [-0.05, 0) is 69.2 Å². The molecule has 1 amide bonds. The molecule has 0 aliphatic carbocycles. The van der Waals surface area contributed by atoms with Crippen LogP contribution in [0, 0.1) is 11.3 Å². The highest BCUT2D eigenvalue weighted by Crippen LogP contribution is 2.32. The number of hydrogen-bond donors (Lipinski definition) is 3. The van der Waals surface area contributed by atoms with E-state index in [0.29, 0.717) is 25.7 Å². The number of carbonyl (C=O) groups excluding carboxylic acids is 1. The minimum absolute atomic E-state index is 0.263. The summed E-state index contributed by atoms with van der Waals surface area (Å²) < 4.78 is 11.3. The fourth-order valence-electron chi connectivity index (χ4n) is 4.78. The Balaban J connectivity index is 1.71. The maximum atomic E-state index is 12.2. The smallest absolute Gasteiger partial charge is 0.229 e. The van der Waals surface area contributed by atoms with Crippen molar-refractivity contribution >= 4 is 11.9 Å². The van der Waals surface area contributed by atoms with E-state index in [1.165, 1.54) is 18.4 Å². The molecule has 3 rings (SSSR count). The van der Waals surface area contributed by atoms with Gasteiger partial charge in [0, 0.05) is 44.2 Å². The summed E-state index contributed by atoms with van der Waals surface area (Å²) in [6.45, 7) is 6.25. The first-order valence-electron chi connectivity index (χ1n) is 13.1. The number of nitrogens with zero attached hydrogens (tertiary/aromatic N) is 2.